The van der Waals surface area contributed by atoms with Gasteiger partial charge >= 0.3 is 5.97 Å². The maximum atomic E-state index is 12.8. The van der Waals surface area contributed by atoms with E-state index >= 15 is 0 Å². The Labute approximate surface area is 162 Å². The maximum absolute atomic E-state index is 12.8. The van der Waals surface area contributed by atoms with E-state index in [4.69, 9.17) is 9.84 Å². The van der Waals surface area contributed by atoms with E-state index in [2.05, 4.69) is 5.32 Å². The molecule has 2 N–H and O–H groups in total. The van der Waals surface area contributed by atoms with Gasteiger partial charge in [-0.05, 0) is 43.2 Å². The van der Waals surface area contributed by atoms with Crippen LogP contribution in [-0.4, -0.2) is 36.0 Å². The van der Waals surface area contributed by atoms with Crippen LogP contribution in [0.2, 0.25) is 0 Å². The van der Waals surface area contributed by atoms with Crippen molar-refractivity contribution in [2.75, 3.05) is 18.1 Å². The Morgan fingerprint density at radius 1 is 1.21 bits per heavy atom. The van der Waals surface area contributed by atoms with E-state index < -0.39 is 12.6 Å². The van der Waals surface area contributed by atoms with Gasteiger partial charge in [-0.25, -0.2) is 4.79 Å². The zero-order valence-corrected chi connectivity index (χ0v) is 15.6. The summed E-state index contributed by atoms with van der Waals surface area (Å²) in [7, 11) is 0. The number of amides is 2. The fourth-order valence-corrected chi connectivity index (χ4v) is 3.14. The van der Waals surface area contributed by atoms with E-state index in [1.54, 1.807) is 29.2 Å². The number of carbonyl (C=O) groups excluding carboxylic acids is 2. The first-order chi connectivity index (χ1) is 13.4. The van der Waals surface area contributed by atoms with Crippen LogP contribution in [0.25, 0.3) is 0 Å². The van der Waals surface area contributed by atoms with Crippen LogP contribution < -0.4 is 15.0 Å². The molecule has 0 aromatic heterocycles. The fraction of sp³-hybridized carbons (Fsp3) is 0.286. The first kappa shape index (κ1) is 19.4. The Morgan fingerprint density at radius 3 is 2.75 bits per heavy atom. The molecule has 2 aromatic carbocycles. The molecule has 3 rings (SSSR count). The van der Waals surface area contributed by atoms with Crippen LogP contribution in [0.3, 0.4) is 0 Å². The van der Waals surface area contributed by atoms with E-state index in [-0.39, 0.29) is 18.4 Å². The lowest BCUT2D eigenvalue weighted by Gasteiger charge is -2.20. The topological polar surface area (TPSA) is 95.9 Å². The number of anilines is 1. The van der Waals surface area contributed by atoms with Gasteiger partial charge in [0.25, 0.3) is 5.91 Å². The first-order valence-corrected chi connectivity index (χ1v) is 9.07. The summed E-state index contributed by atoms with van der Waals surface area (Å²) in [6.07, 6.45) is 1.29. The standard InChI is InChI=1S/C21H22N2O5/c1-14-7-8-18(23-9-3-6-19(23)24)17(10-14)21(27)22-12-15-4-2-5-16(11-15)28-13-20(25)26/h2,4-5,7-8,10-11H,3,6,9,12-13H2,1H3,(H,22,27)(H,25,26). The predicted octanol–water partition coefficient (Wildman–Crippen LogP) is 2.52. The summed E-state index contributed by atoms with van der Waals surface area (Å²) in [5, 5.41) is 11.6. The summed E-state index contributed by atoms with van der Waals surface area (Å²) in [6.45, 7) is 2.34. The minimum atomic E-state index is -1.05. The fourth-order valence-electron chi connectivity index (χ4n) is 3.14. The van der Waals surface area contributed by atoms with Crippen LogP contribution in [0.5, 0.6) is 5.75 Å². The second-order valence-electron chi connectivity index (χ2n) is 6.68. The Balaban J connectivity index is 1.72. The van der Waals surface area contributed by atoms with Gasteiger partial charge in [0.1, 0.15) is 5.75 Å². The maximum Gasteiger partial charge on any atom is 0.341 e. The van der Waals surface area contributed by atoms with Gasteiger partial charge in [-0.15, -0.1) is 0 Å². The molecule has 1 fully saturated rings. The van der Waals surface area contributed by atoms with Gasteiger partial charge in [-0.2, -0.15) is 0 Å². The summed E-state index contributed by atoms with van der Waals surface area (Å²) < 4.78 is 5.16. The van der Waals surface area contributed by atoms with E-state index in [9.17, 15) is 14.4 Å². The average Bonchev–Trinajstić information content (AvgIpc) is 3.10. The quantitative estimate of drug-likeness (QED) is 0.767. The lowest BCUT2D eigenvalue weighted by atomic mass is 10.1. The van der Waals surface area contributed by atoms with Crippen LogP contribution in [0.1, 0.15) is 34.3 Å². The largest absolute Gasteiger partial charge is 0.482 e. The minimum absolute atomic E-state index is 0.0289. The van der Waals surface area contributed by atoms with Crippen LogP contribution in [0.15, 0.2) is 42.5 Å². The van der Waals surface area contributed by atoms with Gasteiger partial charge in [0.05, 0.1) is 11.3 Å². The number of carboxylic acid groups (broad SMARTS) is 1. The smallest absolute Gasteiger partial charge is 0.341 e. The van der Waals surface area contributed by atoms with Gasteiger partial charge in [-0.3, -0.25) is 9.59 Å². The molecule has 0 aliphatic carbocycles. The average molecular weight is 382 g/mol. The Kier molecular flexibility index (Phi) is 5.93. The summed E-state index contributed by atoms with van der Waals surface area (Å²) >= 11 is 0. The summed E-state index contributed by atoms with van der Waals surface area (Å²) in [6, 6.07) is 12.4. The molecule has 2 aromatic rings. The molecule has 1 saturated heterocycles. The van der Waals surface area contributed by atoms with Gasteiger partial charge < -0.3 is 20.1 Å². The number of benzene rings is 2. The van der Waals surface area contributed by atoms with Crippen molar-refractivity contribution in [3.63, 3.8) is 0 Å². The number of ether oxygens (including phenoxy) is 1. The highest BCUT2D eigenvalue weighted by atomic mass is 16.5. The van der Waals surface area contributed by atoms with Crippen molar-refractivity contribution in [2.45, 2.75) is 26.3 Å². The molecular weight excluding hydrogens is 360 g/mol. The summed E-state index contributed by atoms with van der Waals surface area (Å²) in [5.74, 6) is -0.869. The van der Waals surface area contributed by atoms with Gasteiger partial charge in [0, 0.05) is 19.5 Å². The predicted molar refractivity (Wildman–Crippen MR) is 104 cm³/mol. The van der Waals surface area contributed by atoms with Crippen LogP contribution in [-0.2, 0) is 16.1 Å². The van der Waals surface area contributed by atoms with E-state index in [1.807, 2.05) is 25.1 Å². The van der Waals surface area contributed by atoms with E-state index in [0.717, 1.165) is 17.5 Å². The molecule has 0 spiro atoms. The molecular formula is C21H22N2O5. The molecule has 28 heavy (non-hydrogen) atoms. The summed E-state index contributed by atoms with van der Waals surface area (Å²) in [5.41, 5.74) is 2.81. The van der Waals surface area contributed by atoms with E-state index in [0.29, 0.717) is 30.0 Å². The Bertz CT molecular complexity index is 909. The third-order valence-electron chi connectivity index (χ3n) is 4.47. The number of carboxylic acids is 1. The van der Waals surface area contributed by atoms with Crippen LogP contribution in [0.4, 0.5) is 5.69 Å². The molecule has 7 nitrogen and oxygen atoms in total. The van der Waals surface area contributed by atoms with Crippen molar-refractivity contribution in [1.29, 1.82) is 0 Å². The lowest BCUT2D eigenvalue weighted by Crippen LogP contribution is -2.29. The third-order valence-corrected chi connectivity index (χ3v) is 4.47. The number of aliphatic carboxylic acids is 1. The van der Waals surface area contributed by atoms with Gasteiger partial charge in [0.15, 0.2) is 6.61 Å². The van der Waals surface area contributed by atoms with Crippen molar-refractivity contribution < 1.29 is 24.2 Å². The molecule has 1 aliphatic rings. The number of nitrogens with zero attached hydrogens (tertiary/aromatic N) is 1. The second-order valence-corrected chi connectivity index (χ2v) is 6.68. The Morgan fingerprint density at radius 2 is 2.04 bits per heavy atom. The summed E-state index contributed by atoms with van der Waals surface area (Å²) in [4.78, 5) is 37.2. The Hall–Kier alpha value is -3.35. The number of nitrogens with one attached hydrogen (secondary N) is 1. The number of aryl methyl sites for hydroxylation is 1. The molecule has 7 heteroatoms. The van der Waals surface area contributed by atoms with Gasteiger partial charge in [-0.1, -0.05) is 23.8 Å². The SMILES string of the molecule is Cc1ccc(N2CCCC2=O)c(C(=O)NCc2cccc(OCC(=O)O)c2)c1. The molecule has 1 heterocycles. The highest BCUT2D eigenvalue weighted by Gasteiger charge is 2.25. The normalized spacial score (nSPS) is 13.5. The molecule has 0 unspecified atom stereocenters. The highest BCUT2D eigenvalue weighted by Crippen LogP contribution is 2.26. The molecule has 2 amide bonds. The number of hydrogen-bond donors (Lipinski definition) is 2. The number of hydrogen-bond acceptors (Lipinski definition) is 4. The highest BCUT2D eigenvalue weighted by molar-refractivity contribution is 6.05. The number of carbonyl (C=O) groups is 3. The van der Waals surface area contributed by atoms with E-state index in [1.165, 1.54) is 0 Å². The zero-order valence-electron chi connectivity index (χ0n) is 15.6. The molecule has 1 aliphatic heterocycles. The van der Waals surface area contributed by atoms with Gasteiger partial charge in [0.2, 0.25) is 5.91 Å². The van der Waals surface area contributed by atoms with Crippen molar-refractivity contribution in [2.24, 2.45) is 0 Å². The molecule has 146 valence electrons. The van der Waals surface area contributed by atoms with Crippen molar-refractivity contribution in [3.05, 3.63) is 59.2 Å². The minimum Gasteiger partial charge on any atom is -0.482 e. The molecule has 0 bridgehead atoms. The zero-order chi connectivity index (χ0) is 20.1. The third kappa shape index (κ3) is 4.68. The van der Waals surface area contributed by atoms with Crippen molar-refractivity contribution in [3.8, 4) is 5.75 Å². The van der Waals surface area contributed by atoms with Crippen LogP contribution >= 0.6 is 0 Å². The van der Waals surface area contributed by atoms with Crippen LogP contribution in [0, 0.1) is 6.92 Å². The molecule has 0 radical (unpaired) electrons. The lowest BCUT2D eigenvalue weighted by molar-refractivity contribution is -0.139. The van der Waals surface area contributed by atoms with Crippen molar-refractivity contribution >= 4 is 23.5 Å². The molecule has 0 atom stereocenters. The second kappa shape index (κ2) is 8.56. The monoisotopic (exact) mass is 382 g/mol. The van der Waals surface area contributed by atoms with Crippen molar-refractivity contribution in [1.82, 2.24) is 5.32 Å². The number of rotatable bonds is 7. The first-order valence-electron chi connectivity index (χ1n) is 9.07. The molecule has 0 saturated carbocycles.